The maximum Gasteiger partial charge on any atom is 0.275 e. The highest BCUT2D eigenvalue weighted by molar-refractivity contribution is 5.96. The number of unbranched alkanes of at least 4 members (excludes halogenated alkanes) is 1. The molecule has 8 nitrogen and oxygen atoms in total. The molecule has 1 aliphatic heterocycles. The zero-order valence-corrected chi connectivity index (χ0v) is 19.9. The quantitative estimate of drug-likeness (QED) is 0.525. The summed E-state index contributed by atoms with van der Waals surface area (Å²) in [5.74, 6) is -1.01. The van der Waals surface area contributed by atoms with E-state index >= 15 is 0 Å². The van der Waals surface area contributed by atoms with Gasteiger partial charge in [-0.05, 0) is 30.5 Å². The lowest BCUT2D eigenvalue weighted by Crippen LogP contribution is -2.37. The molecule has 0 radical (unpaired) electrons. The largest absolute Gasteiger partial charge is 0.494 e. The standard InChI is InChI=1S/C27H31N3O5/c1-4-5-14-22-28-25(31)23(26(32)29-16-15-19(17-29)18-10-7-6-8-11-18)27(33)30(22)24-20(34-2)12-9-13-21(24)35-3/h6-13,19,31H,4-5,14-17H2,1-3H3/t19-/m1/s1/i2D3. The molecule has 1 aromatic heterocycles. The van der Waals surface area contributed by atoms with Crippen LogP contribution in [0.1, 0.15) is 58.0 Å². The van der Waals surface area contributed by atoms with Crippen LogP contribution in [0.5, 0.6) is 17.4 Å². The number of hydrogen-bond donors (Lipinski definition) is 1. The van der Waals surface area contributed by atoms with Crippen molar-refractivity contribution in [1.29, 1.82) is 0 Å². The van der Waals surface area contributed by atoms with Crippen LogP contribution in [0.25, 0.3) is 5.69 Å². The van der Waals surface area contributed by atoms with E-state index in [1.165, 1.54) is 24.1 Å². The molecule has 1 saturated heterocycles. The van der Waals surface area contributed by atoms with E-state index in [4.69, 9.17) is 13.6 Å². The highest BCUT2D eigenvalue weighted by atomic mass is 16.5. The lowest BCUT2D eigenvalue weighted by atomic mass is 9.99. The number of rotatable bonds is 8. The summed E-state index contributed by atoms with van der Waals surface area (Å²) >= 11 is 0. The third-order valence-corrected chi connectivity index (χ3v) is 6.36. The number of para-hydroxylation sites is 1. The Morgan fingerprint density at radius 3 is 2.60 bits per heavy atom. The maximum atomic E-state index is 14.0. The maximum absolute atomic E-state index is 14.0. The topological polar surface area (TPSA) is 93.9 Å². The number of aromatic hydroxyl groups is 1. The Labute approximate surface area is 209 Å². The van der Waals surface area contributed by atoms with Crippen LogP contribution in [-0.4, -0.2) is 52.7 Å². The molecule has 8 heteroatoms. The van der Waals surface area contributed by atoms with Crippen LogP contribution in [0.2, 0.25) is 0 Å². The number of hydrogen-bond acceptors (Lipinski definition) is 6. The number of carbonyl (C=O) groups is 1. The van der Waals surface area contributed by atoms with Crippen LogP contribution in [0.4, 0.5) is 0 Å². The predicted octanol–water partition coefficient (Wildman–Crippen LogP) is 3.93. The lowest BCUT2D eigenvalue weighted by Gasteiger charge is -2.21. The van der Waals surface area contributed by atoms with Gasteiger partial charge in [0.1, 0.15) is 23.0 Å². The summed E-state index contributed by atoms with van der Waals surface area (Å²) in [6.45, 7) is 2.77. The molecule has 0 unspecified atom stereocenters. The highest BCUT2D eigenvalue weighted by Gasteiger charge is 2.33. The molecule has 3 aromatic rings. The van der Waals surface area contributed by atoms with Crippen molar-refractivity contribution in [2.75, 3.05) is 27.2 Å². The van der Waals surface area contributed by atoms with Gasteiger partial charge in [0.05, 0.1) is 18.3 Å². The van der Waals surface area contributed by atoms with Crippen molar-refractivity contribution in [3.63, 3.8) is 0 Å². The smallest absolute Gasteiger partial charge is 0.275 e. The van der Waals surface area contributed by atoms with Gasteiger partial charge < -0.3 is 19.5 Å². The second-order valence-electron chi connectivity index (χ2n) is 8.53. The molecule has 2 heterocycles. The summed E-state index contributed by atoms with van der Waals surface area (Å²) in [5.41, 5.74) is -0.202. The molecule has 0 bridgehead atoms. The molecule has 0 saturated carbocycles. The number of benzene rings is 2. The molecule has 35 heavy (non-hydrogen) atoms. The average Bonchev–Trinajstić information content (AvgIpc) is 3.38. The molecule has 0 aliphatic carbocycles. The second kappa shape index (κ2) is 10.6. The number of nitrogens with zero attached hydrogens (tertiary/aromatic N) is 3. The number of aromatic nitrogens is 2. The van der Waals surface area contributed by atoms with Crippen molar-refractivity contribution >= 4 is 5.91 Å². The number of amides is 1. The van der Waals surface area contributed by atoms with Crippen LogP contribution in [0, 0.1) is 0 Å². The van der Waals surface area contributed by atoms with Crippen molar-refractivity contribution in [3.8, 4) is 23.1 Å². The summed E-state index contributed by atoms with van der Waals surface area (Å²) in [5, 5.41) is 10.8. The average molecular weight is 481 g/mol. The molecular formula is C27H31N3O5. The number of carbonyl (C=O) groups excluding carboxylic acids is 1. The molecule has 2 aromatic carbocycles. The molecule has 1 N–H and O–H groups in total. The Bertz CT molecular complexity index is 1360. The van der Waals surface area contributed by atoms with Crippen LogP contribution < -0.4 is 15.0 Å². The van der Waals surface area contributed by atoms with Crippen molar-refractivity contribution in [1.82, 2.24) is 14.5 Å². The molecule has 1 amide bonds. The van der Waals surface area contributed by atoms with E-state index in [-0.39, 0.29) is 28.9 Å². The van der Waals surface area contributed by atoms with Gasteiger partial charge in [-0.1, -0.05) is 49.7 Å². The van der Waals surface area contributed by atoms with Gasteiger partial charge in [-0.15, -0.1) is 0 Å². The summed E-state index contributed by atoms with van der Waals surface area (Å²) in [6, 6.07) is 14.3. The molecule has 184 valence electrons. The van der Waals surface area contributed by atoms with Crippen LogP contribution in [0.3, 0.4) is 0 Å². The first kappa shape index (κ1) is 20.6. The van der Waals surface area contributed by atoms with Crippen molar-refractivity contribution in [2.45, 2.75) is 38.5 Å². The van der Waals surface area contributed by atoms with Gasteiger partial charge >= 0.3 is 0 Å². The Hall–Kier alpha value is -3.81. The fraction of sp³-hybridized carbons (Fsp3) is 0.370. The van der Waals surface area contributed by atoms with E-state index < -0.39 is 29.9 Å². The Kier molecular flexibility index (Phi) is 6.24. The van der Waals surface area contributed by atoms with E-state index in [9.17, 15) is 14.7 Å². The predicted molar refractivity (Wildman–Crippen MR) is 133 cm³/mol. The zero-order chi connectivity index (χ0) is 27.4. The van der Waals surface area contributed by atoms with Gasteiger partial charge in [0.15, 0.2) is 5.56 Å². The van der Waals surface area contributed by atoms with Gasteiger partial charge in [-0.2, -0.15) is 4.98 Å². The van der Waals surface area contributed by atoms with Crippen molar-refractivity contribution in [2.24, 2.45) is 0 Å². The van der Waals surface area contributed by atoms with E-state index in [0.29, 0.717) is 25.9 Å². The van der Waals surface area contributed by atoms with E-state index in [1.807, 2.05) is 37.3 Å². The van der Waals surface area contributed by atoms with Gasteiger partial charge in [0.2, 0.25) is 5.88 Å². The highest BCUT2D eigenvalue weighted by Crippen LogP contribution is 2.34. The molecule has 0 spiro atoms. The fourth-order valence-corrected chi connectivity index (χ4v) is 4.54. The van der Waals surface area contributed by atoms with Gasteiger partial charge in [-0.25, -0.2) is 0 Å². The third kappa shape index (κ3) is 4.73. The number of likely N-dealkylation sites (tertiary alicyclic amines) is 1. The summed E-state index contributed by atoms with van der Waals surface area (Å²) in [4.78, 5) is 33.4. The minimum absolute atomic E-state index is 0.00682. The monoisotopic (exact) mass is 480 g/mol. The van der Waals surface area contributed by atoms with Gasteiger partial charge in [-0.3, -0.25) is 14.2 Å². The summed E-state index contributed by atoms with van der Waals surface area (Å²) in [6.07, 6.45) is 2.42. The molecule has 4 rings (SSSR count). The Morgan fingerprint density at radius 1 is 1.17 bits per heavy atom. The van der Waals surface area contributed by atoms with Crippen LogP contribution in [0.15, 0.2) is 53.3 Å². The van der Waals surface area contributed by atoms with E-state index in [2.05, 4.69) is 4.98 Å². The first-order chi connectivity index (χ1) is 18.1. The number of methoxy groups -OCH3 is 2. The molecule has 1 fully saturated rings. The first-order valence-electron chi connectivity index (χ1n) is 13.2. The zero-order valence-electron chi connectivity index (χ0n) is 22.9. The van der Waals surface area contributed by atoms with Gasteiger partial charge in [0, 0.05) is 25.4 Å². The minimum Gasteiger partial charge on any atom is -0.494 e. The Balaban J connectivity index is 1.83. The number of ether oxygens (including phenoxy) is 2. The van der Waals surface area contributed by atoms with E-state index in [0.717, 1.165) is 23.0 Å². The van der Waals surface area contributed by atoms with E-state index in [1.54, 1.807) is 6.07 Å². The van der Waals surface area contributed by atoms with Crippen LogP contribution in [-0.2, 0) is 6.42 Å². The summed E-state index contributed by atoms with van der Waals surface area (Å²) in [7, 11) is -1.43. The molecule has 1 atom stereocenters. The lowest BCUT2D eigenvalue weighted by molar-refractivity contribution is 0.0784. The second-order valence-corrected chi connectivity index (χ2v) is 8.53. The normalized spacial score (nSPS) is 16.9. The third-order valence-electron chi connectivity index (χ3n) is 6.36. The number of aryl methyl sites for hydroxylation is 1. The van der Waals surface area contributed by atoms with Gasteiger partial charge in [0.25, 0.3) is 11.5 Å². The Morgan fingerprint density at radius 2 is 1.91 bits per heavy atom. The SMILES string of the molecule is [2H]C([2H])([2H])Oc1cccc(OC)c1-n1c(CCCC)nc(O)c(C(=O)N2CC[C@@H](c3ccccc3)C2)c1=O. The molecular weight excluding hydrogens is 446 g/mol. The van der Waals surface area contributed by atoms with Crippen LogP contribution >= 0.6 is 0 Å². The van der Waals surface area contributed by atoms with Crippen molar-refractivity contribution < 1.29 is 23.5 Å². The summed E-state index contributed by atoms with van der Waals surface area (Å²) < 4.78 is 34.6. The van der Waals surface area contributed by atoms with Crippen molar-refractivity contribution in [3.05, 3.63) is 75.8 Å². The minimum atomic E-state index is -2.81. The first-order valence-corrected chi connectivity index (χ1v) is 11.7. The molecule has 1 aliphatic rings. The fourth-order valence-electron chi connectivity index (χ4n) is 4.54.